The van der Waals surface area contributed by atoms with Crippen LogP contribution in [0.15, 0.2) is 24.3 Å². The first kappa shape index (κ1) is 15.8. The van der Waals surface area contributed by atoms with E-state index in [-0.39, 0.29) is 5.92 Å². The zero-order valence-electron chi connectivity index (χ0n) is 11.8. The lowest BCUT2D eigenvalue weighted by atomic mass is 10.1. The number of carbonyl (C=O) groups is 2. The highest BCUT2D eigenvalue weighted by molar-refractivity contribution is 5.87. The van der Waals surface area contributed by atoms with E-state index in [0.717, 1.165) is 17.2 Å². The molecule has 1 rings (SSSR count). The lowest BCUT2D eigenvalue weighted by Crippen LogP contribution is -2.17. The van der Waals surface area contributed by atoms with Gasteiger partial charge >= 0.3 is 12.1 Å². The van der Waals surface area contributed by atoms with Crippen molar-refractivity contribution in [2.75, 3.05) is 11.9 Å². The first-order valence-corrected chi connectivity index (χ1v) is 6.34. The number of amides is 1. The Morgan fingerprint density at radius 1 is 1.40 bits per heavy atom. The molecule has 0 aliphatic rings. The lowest BCUT2D eigenvalue weighted by molar-refractivity contribution is -0.131. The predicted octanol–water partition coefficient (Wildman–Crippen LogP) is 3.30. The largest absolute Gasteiger partial charge is 0.478 e. The third-order valence-electron chi connectivity index (χ3n) is 2.45. The van der Waals surface area contributed by atoms with Gasteiger partial charge in [-0.1, -0.05) is 19.9 Å². The summed E-state index contributed by atoms with van der Waals surface area (Å²) in [6.07, 6.45) is 2.07. The van der Waals surface area contributed by atoms with Crippen LogP contribution in [-0.4, -0.2) is 23.8 Å². The normalized spacial score (nSPS) is 10.8. The van der Waals surface area contributed by atoms with Crippen LogP contribution in [-0.2, 0) is 9.53 Å². The molecule has 0 aromatic heterocycles. The number of nitrogens with one attached hydrogen (secondary N) is 1. The maximum atomic E-state index is 11.5. The van der Waals surface area contributed by atoms with E-state index in [0.29, 0.717) is 12.3 Å². The smallest absolute Gasteiger partial charge is 0.411 e. The topological polar surface area (TPSA) is 75.6 Å². The van der Waals surface area contributed by atoms with Crippen LogP contribution in [0.1, 0.15) is 25.0 Å². The van der Waals surface area contributed by atoms with Crippen LogP contribution in [0.2, 0.25) is 0 Å². The minimum absolute atomic E-state index is 0.283. The summed E-state index contributed by atoms with van der Waals surface area (Å²) >= 11 is 0. The Labute approximate surface area is 118 Å². The molecule has 0 fully saturated rings. The van der Waals surface area contributed by atoms with Crippen LogP contribution >= 0.6 is 0 Å². The number of hydrogen-bond acceptors (Lipinski definition) is 3. The Morgan fingerprint density at radius 2 is 2.10 bits per heavy atom. The SMILES string of the molecule is Cc1cc(C=CC(=O)O)ccc1NC(=O)OCC(C)C. The molecule has 108 valence electrons. The molecule has 0 unspecified atom stereocenters. The van der Waals surface area contributed by atoms with Gasteiger partial charge in [0.05, 0.1) is 6.61 Å². The Bertz CT molecular complexity index is 521. The van der Waals surface area contributed by atoms with Crippen LogP contribution in [0.25, 0.3) is 6.08 Å². The van der Waals surface area contributed by atoms with Gasteiger partial charge in [0.15, 0.2) is 0 Å². The van der Waals surface area contributed by atoms with Crippen molar-refractivity contribution in [3.05, 3.63) is 35.4 Å². The van der Waals surface area contributed by atoms with Crippen LogP contribution in [0.4, 0.5) is 10.5 Å². The highest BCUT2D eigenvalue weighted by atomic mass is 16.5. The fraction of sp³-hybridized carbons (Fsp3) is 0.333. The minimum atomic E-state index is -0.998. The van der Waals surface area contributed by atoms with Gasteiger partial charge in [0, 0.05) is 11.8 Å². The number of ether oxygens (including phenoxy) is 1. The second kappa shape index (κ2) is 7.33. The van der Waals surface area contributed by atoms with Gasteiger partial charge in [-0.3, -0.25) is 5.32 Å². The first-order valence-electron chi connectivity index (χ1n) is 6.34. The zero-order valence-corrected chi connectivity index (χ0v) is 11.8. The molecule has 5 nitrogen and oxygen atoms in total. The summed E-state index contributed by atoms with van der Waals surface area (Å²) in [5, 5.41) is 11.2. The van der Waals surface area contributed by atoms with Gasteiger partial charge in [0.1, 0.15) is 0 Å². The summed E-state index contributed by atoms with van der Waals surface area (Å²) in [5.74, 6) is -0.715. The van der Waals surface area contributed by atoms with Gasteiger partial charge in [-0.05, 0) is 42.2 Å². The molecule has 1 aromatic rings. The second-order valence-electron chi connectivity index (χ2n) is 4.86. The number of carboxylic acids is 1. The van der Waals surface area contributed by atoms with E-state index < -0.39 is 12.1 Å². The van der Waals surface area contributed by atoms with E-state index in [1.54, 1.807) is 18.2 Å². The van der Waals surface area contributed by atoms with E-state index in [1.165, 1.54) is 6.08 Å². The van der Waals surface area contributed by atoms with Crippen LogP contribution in [0, 0.1) is 12.8 Å². The Morgan fingerprint density at radius 3 is 2.65 bits per heavy atom. The molecule has 0 heterocycles. The van der Waals surface area contributed by atoms with E-state index in [1.807, 2.05) is 20.8 Å². The number of carboxylic acid groups (broad SMARTS) is 1. The second-order valence-corrected chi connectivity index (χ2v) is 4.86. The summed E-state index contributed by atoms with van der Waals surface area (Å²) in [7, 11) is 0. The number of hydrogen-bond donors (Lipinski definition) is 2. The van der Waals surface area contributed by atoms with Crippen LogP contribution in [0.3, 0.4) is 0 Å². The molecule has 0 spiro atoms. The molecule has 0 atom stereocenters. The molecule has 0 saturated carbocycles. The molecular formula is C15H19NO4. The van der Waals surface area contributed by atoms with Crippen molar-refractivity contribution >= 4 is 23.8 Å². The van der Waals surface area contributed by atoms with Gasteiger partial charge in [0.2, 0.25) is 0 Å². The maximum Gasteiger partial charge on any atom is 0.411 e. The number of rotatable bonds is 5. The van der Waals surface area contributed by atoms with E-state index in [2.05, 4.69) is 5.32 Å². The molecule has 0 bridgehead atoms. The fourth-order valence-electron chi connectivity index (χ4n) is 1.49. The Balaban J connectivity index is 2.68. The average Bonchev–Trinajstić information content (AvgIpc) is 2.36. The van der Waals surface area contributed by atoms with Gasteiger partial charge in [0.25, 0.3) is 0 Å². The van der Waals surface area contributed by atoms with Gasteiger partial charge in [-0.25, -0.2) is 9.59 Å². The lowest BCUT2D eigenvalue weighted by Gasteiger charge is -2.11. The molecule has 0 radical (unpaired) electrons. The standard InChI is InChI=1S/C15H19NO4/c1-10(2)9-20-15(19)16-13-6-4-12(8-11(13)3)5-7-14(17)18/h4-8,10H,9H2,1-3H3,(H,16,19)(H,17,18). The summed E-state index contributed by atoms with van der Waals surface area (Å²) < 4.78 is 5.03. The van der Waals surface area contributed by atoms with Crippen molar-refractivity contribution in [1.29, 1.82) is 0 Å². The monoisotopic (exact) mass is 277 g/mol. The molecule has 5 heteroatoms. The highest BCUT2D eigenvalue weighted by Gasteiger charge is 2.06. The number of benzene rings is 1. The van der Waals surface area contributed by atoms with Gasteiger partial charge in [-0.2, -0.15) is 0 Å². The quantitative estimate of drug-likeness (QED) is 0.810. The fourth-order valence-corrected chi connectivity index (χ4v) is 1.49. The van der Waals surface area contributed by atoms with E-state index in [4.69, 9.17) is 9.84 Å². The van der Waals surface area contributed by atoms with E-state index >= 15 is 0 Å². The summed E-state index contributed by atoms with van der Waals surface area (Å²) in [6, 6.07) is 5.23. The average molecular weight is 277 g/mol. The molecule has 1 aromatic carbocycles. The number of carbonyl (C=O) groups excluding carboxylic acids is 1. The van der Waals surface area contributed by atoms with Crippen molar-refractivity contribution in [2.24, 2.45) is 5.92 Å². The van der Waals surface area contributed by atoms with Gasteiger partial charge < -0.3 is 9.84 Å². The third-order valence-corrected chi connectivity index (χ3v) is 2.45. The summed E-state index contributed by atoms with van der Waals surface area (Å²) in [4.78, 5) is 22.0. The number of aryl methyl sites for hydroxylation is 1. The number of aliphatic carboxylic acids is 1. The molecule has 0 aliphatic heterocycles. The van der Waals surface area contributed by atoms with Gasteiger partial charge in [-0.15, -0.1) is 0 Å². The summed E-state index contributed by atoms with van der Waals surface area (Å²) in [5.41, 5.74) is 2.23. The predicted molar refractivity (Wildman–Crippen MR) is 77.7 cm³/mol. The van der Waals surface area contributed by atoms with Crippen molar-refractivity contribution in [3.63, 3.8) is 0 Å². The maximum absolute atomic E-state index is 11.5. The molecule has 0 aliphatic carbocycles. The zero-order chi connectivity index (χ0) is 15.1. The van der Waals surface area contributed by atoms with Crippen molar-refractivity contribution in [1.82, 2.24) is 0 Å². The molecule has 1 amide bonds. The van der Waals surface area contributed by atoms with Crippen LogP contribution in [0.5, 0.6) is 0 Å². The highest BCUT2D eigenvalue weighted by Crippen LogP contribution is 2.17. The Hall–Kier alpha value is -2.30. The van der Waals surface area contributed by atoms with Crippen LogP contribution < -0.4 is 5.32 Å². The Kier molecular flexibility index (Phi) is 5.77. The van der Waals surface area contributed by atoms with E-state index in [9.17, 15) is 9.59 Å². The molecular weight excluding hydrogens is 258 g/mol. The molecule has 20 heavy (non-hydrogen) atoms. The van der Waals surface area contributed by atoms with Crippen molar-refractivity contribution < 1.29 is 19.4 Å². The molecule has 0 saturated heterocycles. The summed E-state index contributed by atoms with van der Waals surface area (Å²) in [6.45, 7) is 6.12. The number of anilines is 1. The third kappa shape index (κ3) is 5.56. The molecule has 2 N–H and O–H groups in total. The minimum Gasteiger partial charge on any atom is -0.478 e. The van der Waals surface area contributed by atoms with Crippen molar-refractivity contribution in [3.8, 4) is 0 Å². The first-order chi connectivity index (χ1) is 9.38. The van der Waals surface area contributed by atoms with Crippen molar-refractivity contribution in [2.45, 2.75) is 20.8 Å².